The van der Waals surface area contributed by atoms with Gasteiger partial charge in [-0.3, -0.25) is 10.4 Å². The number of benzene rings is 2. The minimum atomic E-state index is -0.433. The topological polar surface area (TPSA) is 118 Å². The molecule has 4 rings (SSSR count). The first-order valence-electron chi connectivity index (χ1n) is 9.69. The van der Waals surface area contributed by atoms with Crippen molar-refractivity contribution in [3.8, 4) is 5.75 Å². The Morgan fingerprint density at radius 2 is 2.03 bits per heavy atom. The number of halogens is 2. The summed E-state index contributed by atoms with van der Waals surface area (Å²) in [4.78, 5) is 7.97. The fourth-order valence-electron chi connectivity index (χ4n) is 2.99. The third kappa shape index (κ3) is 5.25. The van der Waals surface area contributed by atoms with E-state index in [1.165, 1.54) is 12.3 Å². The van der Waals surface area contributed by atoms with E-state index in [1.54, 1.807) is 36.4 Å². The van der Waals surface area contributed by atoms with Gasteiger partial charge >= 0.3 is 0 Å². The second kappa shape index (κ2) is 9.52. The van der Waals surface area contributed by atoms with Crippen LogP contribution >= 0.6 is 11.6 Å². The molecule has 0 aliphatic carbocycles. The number of amidine groups is 2. The van der Waals surface area contributed by atoms with Crippen LogP contribution in [0.4, 0.5) is 21.5 Å². The first-order valence-corrected chi connectivity index (χ1v) is 10.1. The molecule has 1 aromatic heterocycles. The molecule has 0 atom stereocenters. The molecule has 3 aromatic rings. The van der Waals surface area contributed by atoms with Gasteiger partial charge in [0.05, 0.1) is 17.8 Å². The van der Waals surface area contributed by atoms with Gasteiger partial charge < -0.3 is 25.8 Å². The molecule has 0 spiro atoms. The summed E-state index contributed by atoms with van der Waals surface area (Å²) in [6, 6.07) is 12.0. The summed E-state index contributed by atoms with van der Waals surface area (Å²) >= 11 is 6.32. The standard InChI is InChI=1S/C22H20ClFN6O2/c23-18-9-16(2-4-20(18)32-12-13-7-14(24)11-27-10-13)29-21(26)17-8-15(1-3-19(17)25)30-22-28-5-6-31-22/h1-4,7-11H,5-6,12,25H2,(H2,26,29)(H,28,30). The first-order chi connectivity index (χ1) is 15.5. The number of rotatable bonds is 6. The van der Waals surface area contributed by atoms with E-state index in [2.05, 4.69) is 20.6 Å². The van der Waals surface area contributed by atoms with Gasteiger partial charge in [0.2, 0.25) is 0 Å². The van der Waals surface area contributed by atoms with Gasteiger partial charge in [0.1, 0.15) is 30.6 Å². The van der Waals surface area contributed by atoms with Crippen molar-refractivity contribution in [3.05, 3.63) is 76.8 Å². The zero-order valence-corrected chi connectivity index (χ0v) is 17.6. The molecule has 1 aliphatic heterocycles. The second-order valence-electron chi connectivity index (χ2n) is 6.91. The van der Waals surface area contributed by atoms with Gasteiger partial charge in [-0.1, -0.05) is 11.6 Å². The Bertz CT molecular complexity index is 1190. The number of aliphatic imine (C=N–C) groups is 1. The fourth-order valence-corrected chi connectivity index (χ4v) is 3.22. The molecule has 0 saturated heterocycles. The van der Waals surface area contributed by atoms with E-state index in [9.17, 15) is 4.39 Å². The lowest BCUT2D eigenvalue weighted by Gasteiger charge is -2.14. The number of ether oxygens (including phenoxy) is 2. The van der Waals surface area contributed by atoms with Crippen LogP contribution in [0.2, 0.25) is 5.02 Å². The molecule has 2 heterocycles. The van der Waals surface area contributed by atoms with E-state index in [0.717, 1.165) is 6.20 Å². The molecule has 5 N–H and O–H groups in total. The zero-order chi connectivity index (χ0) is 22.5. The third-order valence-corrected chi connectivity index (χ3v) is 4.81. The minimum absolute atomic E-state index is 0.0935. The highest BCUT2D eigenvalue weighted by atomic mass is 35.5. The van der Waals surface area contributed by atoms with E-state index >= 15 is 0 Å². The van der Waals surface area contributed by atoms with Crippen molar-refractivity contribution in [1.29, 1.82) is 5.41 Å². The maximum atomic E-state index is 13.2. The number of nitrogens with one attached hydrogen (secondary N) is 3. The number of hydrogen-bond donors (Lipinski definition) is 4. The van der Waals surface area contributed by atoms with Crippen molar-refractivity contribution in [2.45, 2.75) is 6.61 Å². The van der Waals surface area contributed by atoms with E-state index in [-0.39, 0.29) is 12.4 Å². The second-order valence-corrected chi connectivity index (χ2v) is 7.31. The van der Waals surface area contributed by atoms with E-state index < -0.39 is 5.82 Å². The van der Waals surface area contributed by atoms with Crippen LogP contribution in [0.3, 0.4) is 0 Å². The van der Waals surface area contributed by atoms with E-state index in [0.29, 0.717) is 58.1 Å². The Balaban J connectivity index is 1.42. The van der Waals surface area contributed by atoms with Gasteiger partial charge in [-0.2, -0.15) is 0 Å². The van der Waals surface area contributed by atoms with Gasteiger partial charge in [0.25, 0.3) is 6.02 Å². The summed E-state index contributed by atoms with van der Waals surface area (Å²) in [5.41, 5.74) is 8.88. The number of nitrogens with zero attached hydrogens (tertiary/aromatic N) is 2. The lowest BCUT2D eigenvalue weighted by atomic mass is 10.1. The van der Waals surface area contributed by atoms with E-state index in [4.69, 9.17) is 32.2 Å². The summed E-state index contributed by atoms with van der Waals surface area (Å²) in [5.74, 6) is 0.0876. The quantitative estimate of drug-likeness (QED) is 0.251. The Morgan fingerprint density at radius 1 is 1.19 bits per heavy atom. The molecule has 0 fully saturated rings. The van der Waals surface area contributed by atoms with Crippen LogP contribution in [-0.4, -0.2) is 30.0 Å². The average Bonchev–Trinajstić information content (AvgIpc) is 3.27. The van der Waals surface area contributed by atoms with Crippen molar-refractivity contribution in [2.24, 2.45) is 4.99 Å². The van der Waals surface area contributed by atoms with Gasteiger partial charge in [0, 0.05) is 34.4 Å². The molecule has 0 radical (unpaired) electrons. The lowest BCUT2D eigenvalue weighted by Crippen LogP contribution is -2.16. The van der Waals surface area contributed by atoms with Gasteiger partial charge in [-0.25, -0.2) is 9.38 Å². The van der Waals surface area contributed by atoms with Crippen molar-refractivity contribution in [1.82, 2.24) is 4.98 Å². The minimum Gasteiger partial charge on any atom is -0.487 e. The van der Waals surface area contributed by atoms with Crippen molar-refractivity contribution in [3.63, 3.8) is 0 Å². The number of pyridine rings is 1. The molecule has 10 heteroatoms. The SMILES string of the molecule is N=C(Nc1ccc(OCc2cncc(F)c2)c(Cl)c1)c1cc(NC2=NCCO2)ccc1N. The predicted octanol–water partition coefficient (Wildman–Crippen LogP) is 4.27. The normalized spacial score (nSPS) is 12.6. The summed E-state index contributed by atoms with van der Waals surface area (Å²) in [6.45, 7) is 1.28. The molecule has 32 heavy (non-hydrogen) atoms. The molecule has 2 aromatic carbocycles. The highest BCUT2D eigenvalue weighted by molar-refractivity contribution is 6.32. The Morgan fingerprint density at radius 3 is 2.78 bits per heavy atom. The zero-order valence-electron chi connectivity index (χ0n) is 16.9. The van der Waals surface area contributed by atoms with Crippen LogP contribution in [0, 0.1) is 11.2 Å². The number of anilines is 3. The first kappa shape index (κ1) is 21.4. The van der Waals surface area contributed by atoms with Crippen LogP contribution in [0.25, 0.3) is 0 Å². The van der Waals surface area contributed by atoms with Crippen molar-refractivity contribution < 1.29 is 13.9 Å². The summed E-state index contributed by atoms with van der Waals surface area (Å²) in [7, 11) is 0. The Labute approximate surface area is 188 Å². The van der Waals surface area contributed by atoms with Crippen LogP contribution in [-0.2, 0) is 11.3 Å². The smallest absolute Gasteiger partial charge is 0.289 e. The Hall–Kier alpha value is -3.85. The molecular weight excluding hydrogens is 435 g/mol. The highest BCUT2D eigenvalue weighted by Crippen LogP contribution is 2.29. The number of aromatic nitrogens is 1. The molecule has 1 aliphatic rings. The molecule has 0 bridgehead atoms. The number of nitrogen functional groups attached to an aromatic ring is 1. The largest absolute Gasteiger partial charge is 0.487 e. The van der Waals surface area contributed by atoms with Crippen LogP contribution in [0.5, 0.6) is 5.75 Å². The van der Waals surface area contributed by atoms with Crippen LogP contribution in [0.15, 0.2) is 59.9 Å². The van der Waals surface area contributed by atoms with E-state index in [1.807, 2.05) is 0 Å². The lowest BCUT2D eigenvalue weighted by molar-refractivity contribution is 0.305. The van der Waals surface area contributed by atoms with Crippen molar-refractivity contribution >= 4 is 40.5 Å². The number of hydrogen-bond acceptors (Lipinski definition) is 7. The molecule has 164 valence electrons. The molecule has 0 amide bonds. The average molecular weight is 455 g/mol. The maximum absolute atomic E-state index is 13.2. The fraction of sp³-hybridized carbons (Fsp3) is 0.136. The van der Waals surface area contributed by atoms with Gasteiger partial charge in [-0.05, 0) is 42.5 Å². The Kier molecular flexibility index (Phi) is 6.37. The van der Waals surface area contributed by atoms with Crippen LogP contribution in [0.1, 0.15) is 11.1 Å². The molecular formula is C22H20ClFN6O2. The van der Waals surface area contributed by atoms with Gasteiger partial charge in [0.15, 0.2) is 0 Å². The summed E-state index contributed by atoms with van der Waals surface area (Å²) in [6.07, 6.45) is 2.65. The predicted molar refractivity (Wildman–Crippen MR) is 123 cm³/mol. The molecule has 0 unspecified atom stereocenters. The third-order valence-electron chi connectivity index (χ3n) is 4.52. The maximum Gasteiger partial charge on any atom is 0.289 e. The molecule has 8 nitrogen and oxygen atoms in total. The monoisotopic (exact) mass is 454 g/mol. The van der Waals surface area contributed by atoms with Crippen LogP contribution < -0.4 is 21.1 Å². The summed E-state index contributed by atoms with van der Waals surface area (Å²) < 4.78 is 24.2. The number of nitrogens with two attached hydrogens (primary N) is 1. The highest BCUT2D eigenvalue weighted by Gasteiger charge is 2.12. The van der Waals surface area contributed by atoms with Crippen molar-refractivity contribution in [2.75, 3.05) is 29.5 Å². The van der Waals surface area contributed by atoms with Gasteiger partial charge in [-0.15, -0.1) is 0 Å². The summed E-state index contributed by atoms with van der Waals surface area (Å²) in [5, 5.41) is 14.8. The molecule has 0 saturated carbocycles.